The lowest BCUT2D eigenvalue weighted by molar-refractivity contribution is 0.0686. The van der Waals surface area contributed by atoms with Crippen LogP contribution in [0.4, 0.5) is 8.78 Å². The molecule has 6 rings (SSSR count). The fourth-order valence-corrected chi connectivity index (χ4v) is 5.57. The minimum atomic E-state index is -1.88. The van der Waals surface area contributed by atoms with Gasteiger partial charge in [-0.2, -0.15) is 0 Å². The lowest BCUT2D eigenvalue weighted by Crippen LogP contribution is -2.33. The third-order valence-corrected chi connectivity index (χ3v) is 7.69. The number of halogens is 3. The molecule has 0 radical (unpaired) electrons. The topological polar surface area (TPSA) is 102 Å². The summed E-state index contributed by atoms with van der Waals surface area (Å²) >= 11 is 6.57. The molecule has 208 valence electrons. The van der Waals surface area contributed by atoms with Gasteiger partial charge in [0.15, 0.2) is 11.7 Å². The van der Waals surface area contributed by atoms with Crippen LogP contribution in [-0.2, 0) is 18.4 Å². The number of hydrogen-bond acceptors (Lipinski definition) is 7. The van der Waals surface area contributed by atoms with Crippen LogP contribution in [0.1, 0.15) is 76.8 Å². The van der Waals surface area contributed by atoms with Crippen molar-refractivity contribution in [1.82, 2.24) is 19.5 Å². The van der Waals surface area contributed by atoms with Crippen molar-refractivity contribution < 1.29 is 21.4 Å². The van der Waals surface area contributed by atoms with Crippen molar-refractivity contribution in [1.29, 1.82) is 0 Å². The second-order valence-electron chi connectivity index (χ2n) is 10.7. The Morgan fingerprint density at radius 3 is 2.85 bits per heavy atom. The largest absolute Gasteiger partial charge is 0.482 e. The summed E-state index contributed by atoms with van der Waals surface area (Å²) in [5, 5.41) is 10.1. The predicted octanol–water partition coefficient (Wildman–Crippen LogP) is 5.10. The number of pyridine rings is 2. The summed E-state index contributed by atoms with van der Waals surface area (Å²) in [5.74, 6) is -1.60. The molecule has 0 bridgehead atoms. The average molecular weight is 570 g/mol. The SMILES string of the molecule is [2H]C1([2H])CC(Oc2cc3n(c(=O)c2Cl)C2=C(F)C(c4ccnc(C(C)(C)O)n4)=NC[C@@H]2CCCC3)c2ncc(F)cc21. The van der Waals surface area contributed by atoms with Gasteiger partial charge in [0.1, 0.15) is 34.0 Å². The monoisotopic (exact) mass is 569 g/mol. The van der Waals surface area contributed by atoms with Crippen LogP contribution in [0, 0.1) is 11.7 Å². The van der Waals surface area contributed by atoms with Gasteiger partial charge in [0.2, 0.25) is 0 Å². The van der Waals surface area contributed by atoms with Gasteiger partial charge in [0.25, 0.3) is 5.56 Å². The Balaban J connectivity index is 1.44. The normalized spacial score (nSPS) is 22.7. The summed E-state index contributed by atoms with van der Waals surface area (Å²) in [7, 11) is 0. The molecule has 0 fully saturated rings. The number of aryl methyl sites for hydroxylation is 2. The van der Waals surface area contributed by atoms with Crippen LogP contribution < -0.4 is 10.3 Å². The van der Waals surface area contributed by atoms with E-state index in [1.807, 2.05) is 0 Å². The van der Waals surface area contributed by atoms with Gasteiger partial charge in [-0.15, -0.1) is 0 Å². The van der Waals surface area contributed by atoms with E-state index in [9.17, 15) is 14.3 Å². The second kappa shape index (κ2) is 10.2. The van der Waals surface area contributed by atoms with Crippen LogP contribution in [0.2, 0.25) is 5.02 Å². The molecule has 8 nitrogen and oxygen atoms in total. The highest BCUT2D eigenvalue weighted by atomic mass is 35.5. The Bertz CT molecular complexity index is 1720. The van der Waals surface area contributed by atoms with Crippen LogP contribution in [0.25, 0.3) is 5.70 Å². The van der Waals surface area contributed by atoms with E-state index in [1.165, 1.54) is 30.7 Å². The maximum absolute atomic E-state index is 16.4. The molecule has 1 unspecified atom stereocenters. The van der Waals surface area contributed by atoms with Crippen LogP contribution in [-0.4, -0.2) is 36.9 Å². The molecule has 2 aliphatic heterocycles. The molecule has 3 aromatic rings. The van der Waals surface area contributed by atoms with Crippen molar-refractivity contribution in [3.8, 4) is 5.75 Å². The Kier molecular flexibility index (Phi) is 6.17. The Labute approximate surface area is 237 Å². The molecule has 40 heavy (non-hydrogen) atoms. The Hall–Kier alpha value is -3.50. The number of rotatable bonds is 4. The molecule has 3 aliphatic rings. The molecule has 3 aromatic heterocycles. The summed E-state index contributed by atoms with van der Waals surface area (Å²) in [6.45, 7) is 3.29. The number of hydrogen-bond donors (Lipinski definition) is 1. The highest BCUT2D eigenvalue weighted by Gasteiger charge is 2.34. The number of dihydropyridines is 1. The standard InChI is InChI=1S/C29H28ClF2N5O3/c1-29(2,39)28-33-10-9-19(36-28)25-23(32)26-16(13-34-25)5-3-4-6-18-12-21(22(30)27(38)37(18)26)40-20-8-7-15-11-17(31)14-35-24(15)20/h9-12,14,16,20,39H,3-8,13H2,1-2H3/t16-,20?/m0/s1/i7D2. The summed E-state index contributed by atoms with van der Waals surface area (Å²) < 4.78 is 54.3. The first kappa shape index (κ1) is 24.3. The van der Waals surface area contributed by atoms with Crippen molar-refractivity contribution >= 4 is 23.0 Å². The summed E-state index contributed by atoms with van der Waals surface area (Å²) in [4.78, 5) is 30.8. The molecule has 0 saturated carbocycles. The van der Waals surface area contributed by atoms with E-state index in [0.29, 0.717) is 18.5 Å². The number of aliphatic hydroxyl groups is 1. The Morgan fingerprint density at radius 1 is 1.23 bits per heavy atom. The maximum atomic E-state index is 16.4. The van der Waals surface area contributed by atoms with Crippen LogP contribution in [0.3, 0.4) is 0 Å². The first-order valence-corrected chi connectivity index (χ1v) is 13.5. The molecular formula is C29H28ClF2N5O3. The lowest BCUT2D eigenvalue weighted by atomic mass is 9.90. The number of nitrogens with zero attached hydrogens (tertiary/aromatic N) is 5. The van der Waals surface area contributed by atoms with Gasteiger partial charge >= 0.3 is 0 Å². The minimum Gasteiger partial charge on any atom is -0.482 e. The fourth-order valence-electron chi connectivity index (χ4n) is 5.39. The average Bonchev–Trinajstić information content (AvgIpc) is 3.17. The molecule has 5 heterocycles. The molecule has 2 atom stereocenters. The van der Waals surface area contributed by atoms with Gasteiger partial charge in [-0.05, 0) is 63.6 Å². The zero-order valence-electron chi connectivity index (χ0n) is 23.9. The van der Waals surface area contributed by atoms with Crippen molar-refractivity contribution in [2.45, 2.75) is 64.0 Å². The summed E-state index contributed by atoms with van der Waals surface area (Å²) in [6, 6.07) is 4.19. The molecule has 0 aromatic carbocycles. The van der Waals surface area contributed by atoms with E-state index in [0.717, 1.165) is 25.1 Å². The van der Waals surface area contributed by atoms with Gasteiger partial charge in [-0.25, -0.2) is 18.7 Å². The number of fused-ring (bicyclic) bond motifs is 4. The van der Waals surface area contributed by atoms with Crippen LogP contribution in [0.15, 0.2) is 46.2 Å². The van der Waals surface area contributed by atoms with Gasteiger partial charge in [-0.1, -0.05) is 18.0 Å². The van der Waals surface area contributed by atoms with Crippen LogP contribution >= 0.6 is 11.6 Å². The number of allylic oxidation sites excluding steroid dienone is 1. The lowest BCUT2D eigenvalue weighted by Gasteiger charge is -2.30. The smallest absolute Gasteiger partial charge is 0.277 e. The first-order chi connectivity index (χ1) is 19.8. The Morgan fingerprint density at radius 2 is 2.05 bits per heavy atom. The highest BCUT2D eigenvalue weighted by molar-refractivity contribution is 6.32. The third-order valence-electron chi connectivity index (χ3n) is 7.34. The van der Waals surface area contributed by atoms with Gasteiger partial charge < -0.3 is 9.84 Å². The van der Waals surface area contributed by atoms with Gasteiger partial charge in [0.05, 0.1) is 23.3 Å². The zero-order valence-corrected chi connectivity index (χ0v) is 22.7. The van der Waals surface area contributed by atoms with E-state index in [4.69, 9.17) is 19.1 Å². The fraction of sp³-hybridized carbons (Fsp3) is 0.414. The molecular weight excluding hydrogens is 540 g/mol. The molecule has 1 aliphatic carbocycles. The summed E-state index contributed by atoms with van der Waals surface area (Å²) in [6.07, 6.45) is 2.08. The predicted molar refractivity (Wildman–Crippen MR) is 146 cm³/mol. The van der Waals surface area contributed by atoms with Crippen LogP contribution in [0.5, 0.6) is 5.75 Å². The van der Waals surface area contributed by atoms with E-state index < -0.39 is 35.3 Å². The molecule has 0 amide bonds. The summed E-state index contributed by atoms with van der Waals surface area (Å²) in [5.41, 5.74) is -0.905. The highest BCUT2D eigenvalue weighted by Crippen LogP contribution is 2.39. The number of aromatic nitrogens is 4. The zero-order chi connectivity index (χ0) is 30.0. The van der Waals surface area contributed by atoms with Crippen molar-refractivity contribution in [3.05, 3.63) is 86.1 Å². The molecule has 0 spiro atoms. The van der Waals surface area contributed by atoms with E-state index in [1.54, 1.807) is 6.07 Å². The maximum Gasteiger partial charge on any atom is 0.277 e. The quantitative estimate of drug-likeness (QED) is 0.469. The number of aliphatic imine (C=N–C) groups is 1. The van der Waals surface area contributed by atoms with E-state index in [-0.39, 0.29) is 63.8 Å². The van der Waals surface area contributed by atoms with Crippen molar-refractivity contribution in [2.75, 3.05) is 6.54 Å². The number of ether oxygens (including phenoxy) is 1. The third kappa shape index (κ3) is 4.73. The molecule has 1 N–H and O–H groups in total. The van der Waals surface area contributed by atoms with E-state index in [2.05, 4.69) is 19.9 Å². The minimum absolute atomic E-state index is 0.0288. The first-order valence-electron chi connectivity index (χ1n) is 14.1. The van der Waals surface area contributed by atoms with Gasteiger partial charge in [-0.3, -0.25) is 19.3 Å². The van der Waals surface area contributed by atoms with Crippen molar-refractivity contribution in [2.24, 2.45) is 10.9 Å². The molecule has 0 saturated heterocycles. The second-order valence-corrected chi connectivity index (χ2v) is 11.1. The van der Waals surface area contributed by atoms with Gasteiger partial charge in [0, 0.05) is 33.2 Å². The molecule has 11 heteroatoms. The van der Waals surface area contributed by atoms with E-state index >= 15 is 4.39 Å². The van der Waals surface area contributed by atoms with Crippen molar-refractivity contribution in [3.63, 3.8) is 0 Å².